The fraction of sp³-hybridized carbons (Fsp3) is 1.00. The van der Waals surface area contributed by atoms with E-state index in [0.29, 0.717) is 0 Å². The van der Waals surface area contributed by atoms with E-state index in [-0.39, 0.29) is 17.0 Å². The predicted octanol–water partition coefficient (Wildman–Crippen LogP) is 2.44. The minimum absolute atomic E-state index is 0. The largest absolute Gasteiger partial charge is 0.211 e. The summed E-state index contributed by atoms with van der Waals surface area (Å²) in [6.45, 7) is 4.63. The van der Waals surface area contributed by atoms with Crippen LogP contribution in [0.3, 0.4) is 0 Å². The zero-order chi connectivity index (χ0) is 6.41. The van der Waals surface area contributed by atoms with E-state index in [1.165, 1.54) is 40.8 Å². The molecule has 0 nitrogen and oxygen atoms in total. The van der Waals surface area contributed by atoms with Crippen molar-refractivity contribution >= 4 is 33.3 Å². The van der Waals surface area contributed by atoms with Gasteiger partial charge >= 0.3 is 0 Å². The molecule has 0 N–H and O–H groups in total. The molecule has 0 radical (unpaired) electrons. The van der Waals surface area contributed by atoms with E-state index in [4.69, 9.17) is 0 Å². The molecule has 2 heteroatoms. The normalized spacial score (nSPS) is 12.2. The molecule has 0 saturated carbocycles. The summed E-state index contributed by atoms with van der Waals surface area (Å²) >= 11 is 1.39. The van der Waals surface area contributed by atoms with Gasteiger partial charge < -0.3 is 0 Å². The summed E-state index contributed by atoms with van der Waals surface area (Å²) in [7, 11) is 0. The van der Waals surface area contributed by atoms with Crippen LogP contribution < -0.4 is 0 Å². The molecule has 0 saturated heterocycles. The minimum Gasteiger partial charge on any atom is -0.114 e. The summed E-state index contributed by atoms with van der Waals surface area (Å²) in [5.74, 6) is 0.998. The third-order valence-electron chi connectivity index (χ3n) is 1.56. The van der Waals surface area contributed by atoms with Crippen LogP contribution in [0.1, 0.15) is 33.1 Å². The average Bonchev–Trinajstić information content (AvgIpc) is 1.68. The third kappa shape index (κ3) is 9.01. The van der Waals surface area contributed by atoms with Crippen molar-refractivity contribution in [2.75, 3.05) is 0 Å². The smallest absolute Gasteiger partial charge is 0.114 e. The summed E-state index contributed by atoms with van der Waals surface area (Å²) in [4.78, 5) is 0. The molecule has 1 unspecified atom stereocenters. The van der Waals surface area contributed by atoms with E-state index < -0.39 is 0 Å². The summed E-state index contributed by atoms with van der Waals surface area (Å²) in [5.41, 5.74) is 0. The summed E-state index contributed by atoms with van der Waals surface area (Å²) in [6.07, 6.45) is 4.27. The molecule has 0 aliphatic carbocycles. The van der Waals surface area contributed by atoms with Crippen molar-refractivity contribution in [3.8, 4) is 0 Å². The maximum atomic E-state index is 2.36. The quantitative estimate of drug-likeness (QED) is 0.624. The monoisotopic (exact) mass is 208 g/mol. The summed E-state index contributed by atoms with van der Waals surface area (Å²) in [5, 5.41) is 1.49. The fourth-order valence-electron chi connectivity index (χ4n) is 1.13. The Labute approximate surface area is 77.6 Å². The highest BCUT2D eigenvalue weighted by Crippen LogP contribution is 2.10. The van der Waals surface area contributed by atoms with Crippen molar-refractivity contribution in [2.24, 2.45) is 5.92 Å². The number of hydrogen-bond acceptors (Lipinski definition) is 0. The Bertz CT molecular complexity index is 42.2. The Morgan fingerprint density at radius 2 is 1.89 bits per heavy atom. The van der Waals surface area contributed by atoms with Crippen molar-refractivity contribution in [1.82, 2.24) is 0 Å². The molecule has 0 spiro atoms. The Kier molecular flexibility index (Phi) is 12.7. The van der Waals surface area contributed by atoms with E-state index in [9.17, 15) is 0 Å². The minimum atomic E-state index is 0. The van der Waals surface area contributed by atoms with Gasteiger partial charge in [0.05, 0.1) is 0 Å². The van der Waals surface area contributed by atoms with Gasteiger partial charge in [0.1, 0.15) is 0 Å². The van der Waals surface area contributed by atoms with E-state index in [2.05, 4.69) is 13.8 Å². The van der Waals surface area contributed by atoms with Gasteiger partial charge in [-0.1, -0.05) is 33.1 Å². The Morgan fingerprint density at radius 1 is 1.33 bits per heavy atom. The second kappa shape index (κ2) is 9.01. The molecule has 0 amide bonds. The van der Waals surface area contributed by atoms with E-state index >= 15 is 0 Å². The average molecular weight is 209 g/mol. The van der Waals surface area contributed by atoms with Crippen molar-refractivity contribution in [1.29, 1.82) is 0 Å². The van der Waals surface area contributed by atoms with Gasteiger partial charge in [-0.05, 0) is 5.92 Å². The molecule has 0 aromatic carbocycles. The first kappa shape index (κ1) is 12.7. The first-order chi connectivity index (χ1) is 3.81. The molecule has 1 atom stereocenters. The highest BCUT2D eigenvalue weighted by atomic mass is 79.9. The number of rotatable bonds is 4. The van der Waals surface area contributed by atoms with E-state index in [1.807, 2.05) is 0 Å². The van der Waals surface area contributed by atoms with Crippen LogP contribution in [0.15, 0.2) is 0 Å². The van der Waals surface area contributed by atoms with E-state index in [1.54, 1.807) is 0 Å². The SMILES string of the molecule is Br.CCCC(C)C[CH2][AlH2]. The van der Waals surface area contributed by atoms with Crippen LogP contribution >= 0.6 is 17.0 Å². The Hall–Kier alpha value is 1.01. The zero-order valence-corrected chi connectivity index (χ0v) is 10.5. The van der Waals surface area contributed by atoms with Gasteiger partial charge in [0.25, 0.3) is 0 Å². The zero-order valence-electron chi connectivity index (χ0n) is 6.81. The second-order valence-electron chi connectivity index (χ2n) is 2.68. The first-order valence-corrected chi connectivity index (χ1v) is 5.22. The van der Waals surface area contributed by atoms with Crippen molar-refractivity contribution in [3.05, 3.63) is 0 Å². The molecule has 0 rings (SSSR count). The van der Waals surface area contributed by atoms with Crippen LogP contribution in [-0.4, -0.2) is 16.3 Å². The van der Waals surface area contributed by atoms with Gasteiger partial charge in [-0.15, -0.1) is 22.3 Å². The third-order valence-corrected chi connectivity index (χ3v) is 2.14. The lowest BCUT2D eigenvalue weighted by Gasteiger charge is -2.05. The van der Waals surface area contributed by atoms with Crippen LogP contribution in [0.4, 0.5) is 0 Å². The molecule has 0 fully saturated rings. The highest BCUT2D eigenvalue weighted by Gasteiger charge is 1.95. The number of hydrogen-bond donors (Lipinski definition) is 0. The molecule has 0 aliphatic rings. The molecule has 56 valence electrons. The molecule has 0 aromatic heterocycles. The fourth-order valence-corrected chi connectivity index (χ4v) is 2.12. The van der Waals surface area contributed by atoms with Crippen LogP contribution in [0.5, 0.6) is 0 Å². The molecule has 0 aliphatic heterocycles. The summed E-state index contributed by atoms with van der Waals surface area (Å²) in [6, 6.07) is 0. The molecule has 0 aromatic rings. The van der Waals surface area contributed by atoms with Gasteiger partial charge in [-0.2, -0.15) is 0 Å². The predicted molar refractivity (Wildman–Crippen MR) is 52.4 cm³/mol. The topological polar surface area (TPSA) is 0 Å². The van der Waals surface area contributed by atoms with Gasteiger partial charge in [-0.25, -0.2) is 0 Å². The Morgan fingerprint density at radius 3 is 2.22 bits per heavy atom. The lowest BCUT2D eigenvalue weighted by atomic mass is 10.0. The number of halogens is 1. The van der Waals surface area contributed by atoms with Gasteiger partial charge in [0, 0.05) is 0 Å². The van der Waals surface area contributed by atoms with Gasteiger partial charge in [0.2, 0.25) is 16.3 Å². The van der Waals surface area contributed by atoms with Crippen LogP contribution in [-0.2, 0) is 0 Å². The first-order valence-electron chi connectivity index (χ1n) is 3.81. The Balaban J connectivity index is 0. The van der Waals surface area contributed by atoms with Crippen LogP contribution in [0, 0.1) is 5.92 Å². The van der Waals surface area contributed by atoms with Gasteiger partial charge in [0.15, 0.2) is 0 Å². The lowest BCUT2D eigenvalue weighted by molar-refractivity contribution is 0.509. The highest BCUT2D eigenvalue weighted by molar-refractivity contribution is 8.93. The van der Waals surface area contributed by atoms with Crippen molar-refractivity contribution < 1.29 is 0 Å². The molecule has 0 bridgehead atoms. The molecular formula is C7H18AlBr. The maximum absolute atomic E-state index is 2.36. The lowest BCUT2D eigenvalue weighted by Crippen LogP contribution is -1.91. The van der Waals surface area contributed by atoms with Crippen molar-refractivity contribution in [3.63, 3.8) is 0 Å². The molecule has 9 heavy (non-hydrogen) atoms. The second-order valence-corrected chi connectivity index (χ2v) is 3.68. The van der Waals surface area contributed by atoms with Crippen molar-refractivity contribution in [2.45, 2.75) is 38.4 Å². The van der Waals surface area contributed by atoms with Gasteiger partial charge in [-0.3, -0.25) is 0 Å². The summed E-state index contributed by atoms with van der Waals surface area (Å²) < 4.78 is 0. The van der Waals surface area contributed by atoms with Crippen LogP contribution in [0.25, 0.3) is 0 Å². The van der Waals surface area contributed by atoms with Crippen LogP contribution in [0.2, 0.25) is 5.28 Å². The molecule has 0 heterocycles. The van der Waals surface area contributed by atoms with E-state index in [0.717, 1.165) is 5.92 Å². The standard InChI is InChI=1S/C7H15.Al.BrH.2H/c1-4-6-7(3)5-2;;;;/h7H,2,4-6H2,1,3H3;;1H;;. The molecular weight excluding hydrogens is 191 g/mol. The maximum Gasteiger partial charge on any atom is 0.211 e.